The normalized spacial score (nSPS) is 14.8. The van der Waals surface area contributed by atoms with Crippen molar-refractivity contribution in [1.82, 2.24) is 0 Å². The van der Waals surface area contributed by atoms with Gasteiger partial charge < -0.3 is 13.9 Å². The van der Waals surface area contributed by atoms with Gasteiger partial charge >= 0.3 is 0 Å². The number of unbranched alkanes of at least 4 members (excludes halogenated alkanes) is 1. The van der Waals surface area contributed by atoms with Crippen LogP contribution in [0.25, 0.3) is 11.0 Å². The van der Waals surface area contributed by atoms with Gasteiger partial charge in [0, 0.05) is 5.69 Å². The highest BCUT2D eigenvalue weighted by molar-refractivity contribution is 6.10. The van der Waals surface area contributed by atoms with Crippen LogP contribution in [0.1, 0.15) is 65.5 Å². The monoisotopic (exact) mass is 497 g/mol. The zero-order valence-electron chi connectivity index (χ0n) is 21.7. The standard InChI is InChI=1S/C31H31NO5/c1-5-7-16-36-24-12-8-21(9-13-24)28-27-29(33)25-17-19(3)20(4)18-26(25)37-30(27)31(34)32(28)22-10-14-23(15-11-22)35-6-2/h8-15,17-18,28H,5-7,16H2,1-4H3. The zero-order valence-corrected chi connectivity index (χ0v) is 21.7. The molecule has 1 unspecified atom stereocenters. The third-order valence-corrected chi connectivity index (χ3v) is 6.87. The summed E-state index contributed by atoms with van der Waals surface area (Å²) in [6.45, 7) is 9.16. The van der Waals surface area contributed by atoms with E-state index in [2.05, 4.69) is 6.92 Å². The SMILES string of the molecule is CCCCOc1ccc(C2c3c(oc4cc(C)c(C)cc4c3=O)C(=O)N2c2ccc(OCC)cc2)cc1. The number of amides is 1. The molecule has 1 aromatic heterocycles. The number of anilines is 1. The van der Waals surface area contributed by atoms with Crippen LogP contribution in [0.4, 0.5) is 5.69 Å². The number of ether oxygens (including phenoxy) is 2. The molecule has 1 amide bonds. The molecule has 0 fully saturated rings. The number of carbonyl (C=O) groups excluding carboxylic acids is 1. The first-order valence-corrected chi connectivity index (χ1v) is 12.8. The van der Waals surface area contributed by atoms with Crippen LogP contribution >= 0.6 is 0 Å². The van der Waals surface area contributed by atoms with Gasteiger partial charge in [-0.15, -0.1) is 0 Å². The van der Waals surface area contributed by atoms with Gasteiger partial charge in [0.1, 0.15) is 17.1 Å². The number of fused-ring (bicyclic) bond motifs is 2. The second-order valence-corrected chi connectivity index (χ2v) is 9.38. The summed E-state index contributed by atoms with van der Waals surface area (Å²) in [5.41, 5.74) is 4.05. The fraction of sp³-hybridized carbons (Fsp3) is 0.290. The molecular weight excluding hydrogens is 466 g/mol. The summed E-state index contributed by atoms with van der Waals surface area (Å²) in [5, 5.41) is 0.479. The quantitative estimate of drug-likeness (QED) is 0.252. The van der Waals surface area contributed by atoms with Crippen molar-refractivity contribution in [3.05, 3.63) is 98.9 Å². The average Bonchev–Trinajstić information content (AvgIpc) is 3.19. The average molecular weight is 498 g/mol. The highest BCUT2D eigenvalue weighted by Crippen LogP contribution is 2.42. The van der Waals surface area contributed by atoms with E-state index in [4.69, 9.17) is 13.9 Å². The maximum Gasteiger partial charge on any atom is 0.295 e. The summed E-state index contributed by atoms with van der Waals surface area (Å²) < 4.78 is 17.6. The number of benzene rings is 3. The maximum atomic E-state index is 13.9. The molecule has 0 aliphatic carbocycles. The maximum absolute atomic E-state index is 13.9. The van der Waals surface area contributed by atoms with Gasteiger partial charge in [0.15, 0.2) is 5.43 Å². The minimum atomic E-state index is -0.632. The van der Waals surface area contributed by atoms with Gasteiger partial charge in [-0.25, -0.2) is 0 Å². The Morgan fingerprint density at radius 1 is 0.865 bits per heavy atom. The molecule has 1 aliphatic heterocycles. The molecule has 0 saturated heterocycles. The number of carbonyl (C=O) groups is 1. The van der Waals surface area contributed by atoms with Crippen LogP contribution in [0.2, 0.25) is 0 Å². The first-order valence-electron chi connectivity index (χ1n) is 12.8. The molecule has 1 atom stereocenters. The lowest BCUT2D eigenvalue weighted by atomic mass is 9.97. The Kier molecular flexibility index (Phi) is 6.74. The van der Waals surface area contributed by atoms with Crippen LogP contribution in [0, 0.1) is 13.8 Å². The van der Waals surface area contributed by atoms with Crippen LogP contribution in [-0.4, -0.2) is 19.1 Å². The Hall–Kier alpha value is -4.06. The summed E-state index contributed by atoms with van der Waals surface area (Å²) in [4.78, 5) is 29.3. The molecule has 6 heteroatoms. The van der Waals surface area contributed by atoms with E-state index in [1.165, 1.54) is 0 Å². The summed E-state index contributed by atoms with van der Waals surface area (Å²) in [7, 11) is 0. The topological polar surface area (TPSA) is 69.0 Å². The van der Waals surface area contributed by atoms with Crippen LogP contribution < -0.4 is 19.8 Å². The number of hydrogen-bond acceptors (Lipinski definition) is 5. The van der Waals surface area contributed by atoms with E-state index < -0.39 is 6.04 Å². The van der Waals surface area contributed by atoms with Crippen molar-refractivity contribution in [2.75, 3.05) is 18.1 Å². The van der Waals surface area contributed by atoms with Gasteiger partial charge in [0.25, 0.3) is 5.91 Å². The first-order chi connectivity index (χ1) is 17.9. The molecule has 0 spiro atoms. The van der Waals surface area contributed by atoms with Crippen molar-refractivity contribution in [2.45, 2.75) is 46.6 Å². The second-order valence-electron chi connectivity index (χ2n) is 9.38. The molecule has 0 saturated carbocycles. The summed E-state index contributed by atoms with van der Waals surface area (Å²) >= 11 is 0. The van der Waals surface area contributed by atoms with Crippen molar-refractivity contribution in [2.24, 2.45) is 0 Å². The summed E-state index contributed by atoms with van der Waals surface area (Å²) in [6, 6.07) is 18.0. The fourth-order valence-electron chi connectivity index (χ4n) is 4.76. The highest BCUT2D eigenvalue weighted by atomic mass is 16.5. The molecule has 37 heavy (non-hydrogen) atoms. The molecule has 190 valence electrons. The van der Waals surface area contributed by atoms with Gasteiger partial charge in [-0.1, -0.05) is 25.5 Å². The van der Waals surface area contributed by atoms with E-state index >= 15 is 0 Å². The summed E-state index contributed by atoms with van der Waals surface area (Å²) in [6.07, 6.45) is 2.03. The Morgan fingerprint density at radius 2 is 1.51 bits per heavy atom. The lowest BCUT2D eigenvalue weighted by molar-refractivity contribution is 0.0971. The van der Waals surface area contributed by atoms with Gasteiger partial charge in [-0.2, -0.15) is 0 Å². The molecule has 0 radical (unpaired) electrons. The molecule has 6 nitrogen and oxygen atoms in total. The molecule has 0 bridgehead atoms. The Bertz CT molecular complexity index is 1500. The van der Waals surface area contributed by atoms with Crippen LogP contribution in [0.3, 0.4) is 0 Å². The number of nitrogens with zero attached hydrogens (tertiary/aromatic N) is 1. The zero-order chi connectivity index (χ0) is 26.1. The van der Waals surface area contributed by atoms with E-state index in [1.54, 1.807) is 4.90 Å². The van der Waals surface area contributed by atoms with Gasteiger partial charge in [-0.3, -0.25) is 14.5 Å². The smallest absolute Gasteiger partial charge is 0.295 e. The Balaban J connectivity index is 1.65. The Morgan fingerprint density at radius 3 is 2.19 bits per heavy atom. The molecule has 0 N–H and O–H groups in total. The number of aryl methyl sites for hydroxylation is 2. The van der Waals surface area contributed by atoms with E-state index in [0.717, 1.165) is 35.3 Å². The fourth-order valence-corrected chi connectivity index (χ4v) is 4.76. The lowest BCUT2D eigenvalue weighted by Crippen LogP contribution is -2.29. The number of hydrogen-bond donors (Lipinski definition) is 0. The van der Waals surface area contributed by atoms with Crippen molar-refractivity contribution in [3.8, 4) is 11.5 Å². The van der Waals surface area contributed by atoms with Crippen molar-refractivity contribution < 1.29 is 18.7 Å². The predicted octanol–water partition coefficient (Wildman–Crippen LogP) is 6.74. The molecule has 3 aromatic carbocycles. The minimum absolute atomic E-state index is 0.0860. The molecular formula is C31H31NO5. The van der Waals surface area contributed by atoms with Crippen LogP contribution in [0.15, 0.2) is 69.9 Å². The van der Waals surface area contributed by atoms with E-state index in [0.29, 0.717) is 41.2 Å². The second kappa shape index (κ2) is 10.1. The van der Waals surface area contributed by atoms with E-state index in [1.807, 2.05) is 81.4 Å². The predicted molar refractivity (Wildman–Crippen MR) is 145 cm³/mol. The number of rotatable bonds is 8. The third-order valence-electron chi connectivity index (χ3n) is 6.87. The van der Waals surface area contributed by atoms with Gasteiger partial charge in [0.05, 0.1) is 30.2 Å². The largest absolute Gasteiger partial charge is 0.494 e. The highest BCUT2D eigenvalue weighted by Gasteiger charge is 2.43. The third kappa shape index (κ3) is 4.48. The van der Waals surface area contributed by atoms with Crippen LogP contribution in [-0.2, 0) is 0 Å². The summed E-state index contributed by atoms with van der Waals surface area (Å²) in [5.74, 6) is 1.21. The lowest BCUT2D eigenvalue weighted by Gasteiger charge is -2.25. The van der Waals surface area contributed by atoms with E-state index in [9.17, 15) is 9.59 Å². The minimum Gasteiger partial charge on any atom is -0.494 e. The molecule has 1 aliphatic rings. The van der Waals surface area contributed by atoms with Crippen molar-refractivity contribution >= 4 is 22.6 Å². The van der Waals surface area contributed by atoms with E-state index in [-0.39, 0.29) is 17.1 Å². The van der Waals surface area contributed by atoms with Crippen molar-refractivity contribution in [3.63, 3.8) is 0 Å². The Labute approximate surface area is 216 Å². The molecule has 5 rings (SSSR count). The van der Waals surface area contributed by atoms with Crippen molar-refractivity contribution in [1.29, 1.82) is 0 Å². The van der Waals surface area contributed by atoms with Gasteiger partial charge in [-0.05, 0) is 92.4 Å². The van der Waals surface area contributed by atoms with Crippen LogP contribution in [0.5, 0.6) is 11.5 Å². The molecule has 4 aromatic rings. The van der Waals surface area contributed by atoms with Gasteiger partial charge in [0.2, 0.25) is 5.76 Å². The molecule has 2 heterocycles. The first kappa shape index (κ1) is 24.6.